The van der Waals surface area contributed by atoms with Crippen LogP contribution in [0.25, 0.3) is 11.5 Å². The third-order valence-corrected chi connectivity index (χ3v) is 6.16. The summed E-state index contributed by atoms with van der Waals surface area (Å²) in [6, 6.07) is 3.81. The highest BCUT2D eigenvalue weighted by Gasteiger charge is 2.23. The number of likely N-dealkylation sites (N-methyl/N-ethyl adjacent to an activating group) is 1. The summed E-state index contributed by atoms with van der Waals surface area (Å²) in [5.74, 6) is 2.86. The molecule has 2 aliphatic rings. The molecule has 2 aromatic heterocycles. The second kappa shape index (κ2) is 10.4. The van der Waals surface area contributed by atoms with E-state index in [0.29, 0.717) is 37.0 Å². The predicted octanol–water partition coefficient (Wildman–Crippen LogP) is 3.55. The van der Waals surface area contributed by atoms with Crippen molar-refractivity contribution in [3.63, 3.8) is 0 Å². The van der Waals surface area contributed by atoms with Crippen molar-refractivity contribution in [1.82, 2.24) is 19.9 Å². The number of anilines is 1. The quantitative estimate of drug-likeness (QED) is 0.563. The van der Waals surface area contributed by atoms with E-state index in [9.17, 15) is 4.79 Å². The van der Waals surface area contributed by atoms with Crippen LogP contribution in [0.2, 0.25) is 0 Å². The van der Waals surface area contributed by atoms with Gasteiger partial charge in [0.15, 0.2) is 11.6 Å². The van der Waals surface area contributed by atoms with Crippen LogP contribution in [-0.4, -0.2) is 65.5 Å². The number of fused-ring (bicyclic) bond motifs is 1. The largest absolute Gasteiger partial charge is 0.492 e. The number of carbonyl (C=O) groups is 1. The Bertz CT molecular complexity index is 940. The molecule has 2 aromatic rings. The molecule has 0 spiro atoms. The Morgan fingerprint density at radius 2 is 2.00 bits per heavy atom. The van der Waals surface area contributed by atoms with E-state index in [-0.39, 0.29) is 5.78 Å². The van der Waals surface area contributed by atoms with Gasteiger partial charge in [0.1, 0.15) is 23.9 Å². The average molecular weight is 438 g/mol. The summed E-state index contributed by atoms with van der Waals surface area (Å²) in [6.45, 7) is 8.48. The maximum atomic E-state index is 12.4. The number of hydrogen-bond acceptors (Lipinski definition) is 7. The van der Waals surface area contributed by atoms with Crippen molar-refractivity contribution < 1.29 is 9.53 Å². The van der Waals surface area contributed by atoms with Gasteiger partial charge < -0.3 is 9.64 Å². The van der Waals surface area contributed by atoms with Crippen molar-refractivity contribution in [1.29, 1.82) is 0 Å². The molecule has 0 unspecified atom stereocenters. The summed E-state index contributed by atoms with van der Waals surface area (Å²) >= 11 is 0. The first-order chi connectivity index (χ1) is 15.5. The molecule has 1 saturated heterocycles. The third kappa shape index (κ3) is 5.63. The summed E-state index contributed by atoms with van der Waals surface area (Å²) in [7, 11) is 1.95. The average Bonchev–Trinajstić information content (AvgIpc) is 3.44. The number of nitrogens with zero attached hydrogens (tertiary/aromatic N) is 5. The molecule has 1 aliphatic heterocycles. The number of ether oxygens (including phenoxy) is 1. The first-order valence-corrected chi connectivity index (χ1v) is 11.9. The molecule has 7 heteroatoms. The molecule has 7 nitrogen and oxygen atoms in total. The predicted molar refractivity (Wildman–Crippen MR) is 126 cm³/mol. The number of aryl methyl sites for hydroxylation is 1. The van der Waals surface area contributed by atoms with Gasteiger partial charge in [0.25, 0.3) is 0 Å². The fourth-order valence-corrected chi connectivity index (χ4v) is 4.62. The SMILES string of the molecule is CC(C)CC(=O)CN(C)c1nc(-c2cc(OCCN3CCCC3)ccn2)nc2c1CCC2. The van der Waals surface area contributed by atoms with Gasteiger partial charge in [-0.25, -0.2) is 9.97 Å². The Balaban J connectivity index is 1.51. The molecule has 0 aromatic carbocycles. The van der Waals surface area contributed by atoms with Crippen molar-refractivity contribution in [3.05, 3.63) is 29.6 Å². The van der Waals surface area contributed by atoms with E-state index >= 15 is 0 Å². The van der Waals surface area contributed by atoms with Gasteiger partial charge >= 0.3 is 0 Å². The van der Waals surface area contributed by atoms with Gasteiger partial charge in [0.05, 0.1) is 6.54 Å². The van der Waals surface area contributed by atoms with Crippen LogP contribution >= 0.6 is 0 Å². The summed E-state index contributed by atoms with van der Waals surface area (Å²) in [5.41, 5.74) is 2.96. The van der Waals surface area contributed by atoms with Crippen molar-refractivity contribution in [2.75, 3.05) is 44.7 Å². The number of hydrogen-bond donors (Lipinski definition) is 0. The van der Waals surface area contributed by atoms with Crippen LogP contribution in [0.5, 0.6) is 5.75 Å². The molecular formula is C25H35N5O2. The van der Waals surface area contributed by atoms with Gasteiger partial charge in [-0.3, -0.25) is 14.7 Å². The molecule has 1 fully saturated rings. The minimum Gasteiger partial charge on any atom is -0.492 e. The van der Waals surface area contributed by atoms with Crippen molar-refractivity contribution in [2.45, 2.75) is 52.4 Å². The summed E-state index contributed by atoms with van der Waals surface area (Å²) in [4.78, 5) is 31.1. The number of likely N-dealkylation sites (tertiary alicyclic amines) is 1. The molecule has 0 radical (unpaired) electrons. The normalized spacial score (nSPS) is 15.9. The second-order valence-corrected chi connectivity index (χ2v) is 9.42. The third-order valence-electron chi connectivity index (χ3n) is 6.16. The van der Waals surface area contributed by atoms with Gasteiger partial charge in [0.2, 0.25) is 0 Å². The Morgan fingerprint density at radius 1 is 1.19 bits per heavy atom. The molecule has 1 aliphatic carbocycles. The Labute approximate surface area is 191 Å². The van der Waals surface area contributed by atoms with Crippen LogP contribution < -0.4 is 9.64 Å². The summed E-state index contributed by atoms with van der Waals surface area (Å²) in [6.07, 6.45) is 7.89. The molecule has 3 heterocycles. The van der Waals surface area contributed by atoms with Crippen molar-refractivity contribution in [2.24, 2.45) is 5.92 Å². The lowest BCUT2D eigenvalue weighted by atomic mass is 10.1. The smallest absolute Gasteiger partial charge is 0.180 e. The molecule has 0 atom stereocenters. The van der Waals surface area contributed by atoms with Crippen LogP contribution in [0.4, 0.5) is 5.82 Å². The number of Topliss-reactive ketones (excluding diaryl/α,β-unsaturated/α-hetero) is 1. The lowest BCUT2D eigenvalue weighted by molar-refractivity contribution is -0.118. The topological polar surface area (TPSA) is 71.5 Å². The van der Waals surface area contributed by atoms with E-state index in [1.807, 2.05) is 24.1 Å². The lowest BCUT2D eigenvalue weighted by Gasteiger charge is -2.21. The van der Waals surface area contributed by atoms with Crippen LogP contribution in [0.3, 0.4) is 0 Å². The van der Waals surface area contributed by atoms with Crippen LogP contribution in [0, 0.1) is 5.92 Å². The van der Waals surface area contributed by atoms with Gasteiger partial charge in [-0.05, 0) is 57.2 Å². The molecule has 4 rings (SSSR count). The summed E-state index contributed by atoms with van der Waals surface area (Å²) in [5, 5.41) is 0. The van der Waals surface area contributed by atoms with Crippen molar-refractivity contribution in [3.8, 4) is 17.3 Å². The van der Waals surface area contributed by atoms with E-state index in [1.165, 1.54) is 31.5 Å². The molecular weight excluding hydrogens is 402 g/mol. The minimum absolute atomic E-state index is 0.237. The van der Waals surface area contributed by atoms with Gasteiger partial charge in [-0.1, -0.05) is 13.8 Å². The van der Waals surface area contributed by atoms with Crippen LogP contribution in [0.1, 0.15) is 50.8 Å². The van der Waals surface area contributed by atoms with Crippen molar-refractivity contribution >= 4 is 11.6 Å². The van der Waals surface area contributed by atoms with Gasteiger partial charge in [-0.15, -0.1) is 0 Å². The lowest BCUT2D eigenvalue weighted by Crippen LogP contribution is -2.28. The zero-order valence-electron chi connectivity index (χ0n) is 19.6. The molecule has 0 bridgehead atoms. The first-order valence-electron chi connectivity index (χ1n) is 11.9. The Hall–Kier alpha value is -2.54. The Kier molecular flexibility index (Phi) is 7.35. The van der Waals surface area contributed by atoms with E-state index in [0.717, 1.165) is 43.1 Å². The summed E-state index contributed by atoms with van der Waals surface area (Å²) < 4.78 is 6.00. The zero-order chi connectivity index (χ0) is 22.5. The minimum atomic E-state index is 0.237. The standard InChI is InChI=1S/C25H35N5O2/c1-18(2)15-19(31)17-29(3)25-21-7-6-8-22(21)27-24(28-25)23-16-20(9-10-26-23)32-14-13-30-11-4-5-12-30/h9-10,16,18H,4-8,11-15,17H2,1-3H3. The van der Waals surface area contributed by atoms with E-state index < -0.39 is 0 Å². The number of aromatic nitrogens is 3. The molecule has 172 valence electrons. The number of rotatable bonds is 10. The first kappa shape index (κ1) is 22.6. The van der Waals surface area contributed by atoms with E-state index in [4.69, 9.17) is 14.7 Å². The molecule has 32 heavy (non-hydrogen) atoms. The maximum absolute atomic E-state index is 12.4. The molecule has 0 N–H and O–H groups in total. The molecule has 0 saturated carbocycles. The zero-order valence-corrected chi connectivity index (χ0v) is 19.6. The van der Waals surface area contributed by atoms with Crippen LogP contribution in [0.15, 0.2) is 18.3 Å². The Morgan fingerprint density at radius 3 is 2.78 bits per heavy atom. The van der Waals surface area contributed by atoms with E-state index in [1.54, 1.807) is 6.20 Å². The number of carbonyl (C=O) groups excluding carboxylic acids is 1. The van der Waals surface area contributed by atoms with E-state index in [2.05, 4.69) is 23.7 Å². The highest BCUT2D eigenvalue weighted by atomic mass is 16.5. The van der Waals surface area contributed by atoms with Gasteiger partial charge in [0, 0.05) is 43.5 Å². The maximum Gasteiger partial charge on any atom is 0.180 e. The van der Waals surface area contributed by atoms with Crippen LogP contribution in [-0.2, 0) is 17.6 Å². The monoisotopic (exact) mass is 437 g/mol. The van der Waals surface area contributed by atoms with Gasteiger partial charge in [-0.2, -0.15) is 0 Å². The number of ketones is 1. The second-order valence-electron chi connectivity index (χ2n) is 9.42. The fraction of sp³-hybridized carbons (Fsp3) is 0.600. The highest BCUT2D eigenvalue weighted by Crippen LogP contribution is 2.31. The number of pyridine rings is 1. The molecule has 0 amide bonds. The highest BCUT2D eigenvalue weighted by molar-refractivity contribution is 5.83. The fourth-order valence-electron chi connectivity index (χ4n) is 4.62.